The summed E-state index contributed by atoms with van der Waals surface area (Å²) in [5, 5.41) is 9.31. The van der Waals surface area contributed by atoms with Crippen molar-refractivity contribution >= 4 is 5.97 Å². The van der Waals surface area contributed by atoms with Crippen molar-refractivity contribution in [3.05, 3.63) is 35.4 Å². The van der Waals surface area contributed by atoms with Gasteiger partial charge in [0.1, 0.15) is 12.8 Å². The van der Waals surface area contributed by atoms with E-state index in [1.54, 1.807) is 24.3 Å². The molecule has 1 fully saturated rings. The van der Waals surface area contributed by atoms with E-state index in [0.29, 0.717) is 25.4 Å². The first kappa shape index (κ1) is 15.1. The highest BCUT2D eigenvalue weighted by atomic mass is 16.5. The number of ether oxygens (including phenoxy) is 2. The molecule has 0 bridgehead atoms. The van der Waals surface area contributed by atoms with Gasteiger partial charge in [-0.15, -0.1) is 6.42 Å². The molecule has 5 nitrogen and oxygen atoms in total. The molecule has 1 heterocycles. The van der Waals surface area contributed by atoms with Crippen LogP contribution in [-0.4, -0.2) is 37.8 Å². The fourth-order valence-corrected chi connectivity index (χ4v) is 2.33. The Balaban J connectivity index is 2.13. The highest BCUT2D eigenvalue weighted by Crippen LogP contribution is 2.30. The molecule has 0 N–H and O–H groups in total. The van der Waals surface area contributed by atoms with E-state index < -0.39 is 0 Å². The molecule has 0 spiro atoms. The highest BCUT2D eigenvalue weighted by Gasteiger charge is 2.31. The normalized spacial score (nSPS) is 22.0. The molecule has 1 aliphatic heterocycles. The van der Waals surface area contributed by atoms with Crippen molar-refractivity contribution in [3.63, 3.8) is 0 Å². The van der Waals surface area contributed by atoms with Crippen molar-refractivity contribution in [2.45, 2.75) is 6.10 Å². The molecule has 2 atom stereocenters. The second-order valence-corrected chi connectivity index (χ2v) is 4.78. The lowest BCUT2D eigenvalue weighted by Crippen LogP contribution is -2.40. The maximum absolute atomic E-state index is 11.4. The maximum Gasteiger partial charge on any atom is 0.337 e. The van der Waals surface area contributed by atoms with Gasteiger partial charge in [0.05, 0.1) is 31.2 Å². The van der Waals surface area contributed by atoms with Crippen LogP contribution in [0.1, 0.15) is 22.0 Å². The van der Waals surface area contributed by atoms with Crippen molar-refractivity contribution in [1.82, 2.24) is 4.90 Å². The molecule has 108 valence electrons. The number of benzene rings is 1. The molecule has 0 aliphatic carbocycles. The largest absolute Gasteiger partial charge is 0.465 e. The summed E-state index contributed by atoms with van der Waals surface area (Å²) in [6, 6.07) is 9.19. The van der Waals surface area contributed by atoms with Crippen molar-refractivity contribution < 1.29 is 14.3 Å². The van der Waals surface area contributed by atoms with Gasteiger partial charge in [-0.1, -0.05) is 18.1 Å². The zero-order valence-corrected chi connectivity index (χ0v) is 11.8. The number of nitrogens with zero attached hydrogens (tertiary/aromatic N) is 2. The quantitative estimate of drug-likeness (QED) is 0.623. The van der Waals surface area contributed by atoms with Gasteiger partial charge in [-0.25, -0.2) is 4.79 Å². The molecule has 0 saturated carbocycles. The van der Waals surface area contributed by atoms with Crippen LogP contribution in [0.5, 0.6) is 0 Å². The fraction of sp³-hybridized carbons (Fsp3) is 0.375. The average Bonchev–Trinajstić information content (AvgIpc) is 2.54. The van der Waals surface area contributed by atoms with Gasteiger partial charge < -0.3 is 9.47 Å². The molecule has 2 rings (SSSR count). The van der Waals surface area contributed by atoms with Gasteiger partial charge in [0.2, 0.25) is 0 Å². The van der Waals surface area contributed by atoms with E-state index in [-0.39, 0.29) is 18.0 Å². The van der Waals surface area contributed by atoms with Crippen molar-refractivity contribution in [2.75, 3.05) is 26.9 Å². The van der Waals surface area contributed by atoms with Crippen LogP contribution in [0.3, 0.4) is 0 Å². The number of hydrogen-bond donors (Lipinski definition) is 0. The second-order valence-electron chi connectivity index (χ2n) is 4.78. The molecule has 21 heavy (non-hydrogen) atoms. The summed E-state index contributed by atoms with van der Waals surface area (Å²) in [6.45, 7) is 1.43. The van der Waals surface area contributed by atoms with E-state index in [9.17, 15) is 10.1 Å². The van der Waals surface area contributed by atoms with Gasteiger partial charge in [-0.3, -0.25) is 4.90 Å². The predicted molar refractivity (Wildman–Crippen MR) is 76.0 cm³/mol. The summed E-state index contributed by atoms with van der Waals surface area (Å²) in [5.41, 5.74) is 1.34. The minimum Gasteiger partial charge on any atom is -0.465 e. The number of rotatable bonds is 3. The lowest BCUT2D eigenvalue weighted by molar-refractivity contribution is -0.0860. The van der Waals surface area contributed by atoms with Crippen LogP contribution in [0.15, 0.2) is 24.3 Å². The molecule has 1 aliphatic rings. The van der Waals surface area contributed by atoms with Gasteiger partial charge in [0.15, 0.2) is 0 Å². The fourth-order valence-electron chi connectivity index (χ4n) is 2.33. The van der Waals surface area contributed by atoms with Crippen LogP contribution in [0.4, 0.5) is 0 Å². The summed E-state index contributed by atoms with van der Waals surface area (Å²) in [4.78, 5) is 13.3. The first-order chi connectivity index (χ1) is 10.2. The Labute approximate surface area is 124 Å². The van der Waals surface area contributed by atoms with Gasteiger partial charge in [-0.2, -0.15) is 5.26 Å². The van der Waals surface area contributed by atoms with Crippen LogP contribution < -0.4 is 0 Å². The predicted octanol–water partition coefficient (Wildman–Crippen LogP) is 1.58. The molecule has 1 aromatic rings. The number of methoxy groups -OCH3 is 1. The summed E-state index contributed by atoms with van der Waals surface area (Å²) in [7, 11) is 1.34. The van der Waals surface area contributed by atoms with Gasteiger partial charge >= 0.3 is 5.97 Å². The molecule has 5 heteroatoms. The molecule has 1 saturated heterocycles. The number of esters is 1. The molecular formula is C16H16N2O3. The van der Waals surface area contributed by atoms with Crippen molar-refractivity contribution in [2.24, 2.45) is 5.92 Å². The standard InChI is InChI=1S/C16H16N2O3/c1-3-8-18-10-14(9-17)15(21-11-18)12-4-6-13(7-5-12)16(19)20-2/h1,4-7,14-15H,8,10-11H2,2H3/t14-,15+/m0/s1. The summed E-state index contributed by atoms with van der Waals surface area (Å²) < 4.78 is 10.4. The topological polar surface area (TPSA) is 62.6 Å². The van der Waals surface area contributed by atoms with Crippen LogP contribution in [0.25, 0.3) is 0 Å². The Morgan fingerprint density at radius 3 is 2.81 bits per heavy atom. The Hall–Kier alpha value is -2.34. The zero-order chi connectivity index (χ0) is 15.2. The Kier molecular flexibility index (Phi) is 4.94. The Bertz CT molecular complexity index is 583. The first-order valence-electron chi connectivity index (χ1n) is 6.55. The van der Waals surface area contributed by atoms with Gasteiger partial charge in [0, 0.05) is 6.54 Å². The van der Waals surface area contributed by atoms with E-state index in [1.807, 2.05) is 4.90 Å². The smallest absolute Gasteiger partial charge is 0.337 e. The first-order valence-corrected chi connectivity index (χ1v) is 6.55. The third-order valence-corrected chi connectivity index (χ3v) is 3.40. The molecular weight excluding hydrogens is 268 g/mol. The summed E-state index contributed by atoms with van der Waals surface area (Å²) in [6.07, 6.45) is 4.97. The molecule has 1 aromatic carbocycles. The molecule has 0 aromatic heterocycles. The van der Waals surface area contributed by atoms with Gasteiger partial charge in [0.25, 0.3) is 0 Å². The number of carbonyl (C=O) groups is 1. The van der Waals surface area contributed by atoms with E-state index >= 15 is 0 Å². The SMILES string of the molecule is C#CCN1CO[C@H](c2ccc(C(=O)OC)cc2)[C@@H](C#N)C1. The van der Waals surface area contributed by atoms with Crippen LogP contribution in [-0.2, 0) is 9.47 Å². The minimum absolute atomic E-state index is 0.295. The Morgan fingerprint density at radius 2 is 2.24 bits per heavy atom. The van der Waals surface area contributed by atoms with Gasteiger partial charge in [-0.05, 0) is 17.7 Å². The number of terminal acetylenes is 1. The number of nitriles is 1. The average molecular weight is 284 g/mol. The van der Waals surface area contributed by atoms with Crippen LogP contribution in [0.2, 0.25) is 0 Å². The monoisotopic (exact) mass is 284 g/mol. The summed E-state index contributed by atoms with van der Waals surface area (Å²) in [5.74, 6) is 1.87. The van der Waals surface area contributed by atoms with Crippen molar-refractivity contribution in [1.29, 1.82) is 5.26 Å². The molecule has 0 radical (unpaired) electrons. The van der Waals surface area contributed by atoms with E-state index in [2.05, 4.69) is 16.7 Å². The van der Waals surface area contributed by atoms with E-state index in [4.69, 9.17) is 11.2 Å². The second kappa shape index (κ2) is 6.90. The zero-order valence-electron chi connectivity index (χ0n) is 11.8. The minimum atomic E-state index is -0.386. The number of carbonyl (C=O) groups excluding carboxylic acids is 1. The van der Waals surface area contributed by atoms with Crippen LogP contribution >= 0.6 is 0 Å². The third-order valence-electron chi connectivity index (χ3n) is 3.40. The van der Waals surface area contributed by atoms with Crippen LogP contribution in [0, 0.1) is 29.6 Å². The van der Waals surface area contributed by atoms with E-state index in [1.165, 1.54) is 7.11 Å². The van der Waals surface area contributed by atoms with E-state index in [0.717, 1.165) is 5.56 Å². The number of hydrogen-bond acceptors (Lipinski definition) is 5. The lowest BCUT2D eigenvalue weighted by atomic mass is 9.94. The summed E-state index contributed by atoms with van der Waals surface area (Å²) >= 11 is 0. The molecule has 0 unspecified atom stereocenters. The lowest BCUT2D eigenvalue weighted by Gasteiger charge is -2.34. The third kappa shape index (κ3) is 3.41. The highest BCUT2D eigenvalue weighted by molar-refractivity contribution is 5.89. The molecule has 0 amide bonds. The maximum atomic E-state index is 11.4. The van der Waals surface area contributed by atoms with Crippen molar-refractivity contribution in [3.8, 4) is 18.4 Å². The Morgan fingerprint density at radius 1 is 1.52 bits per heavy atom.